The van der Waals surface area contributed by atoms with Gasteiger partial charge in [0.25, 0.3) is 5.91 Å². The van der Waals surface area contributed by atoms with Crippen LogP contribution in [0.4, 0.5) is 16.0 Å². The number of rotatable bonds is 3. The van der Waals surface area contributed by atoms with E-state index in [1.807, 2.05) is 0 Å². The molecule has 4 unspecified atom stereocenters. The fourth-order valence-corrected chi connectivity index (χ4v) is 4.57. The molecule has 8 nitrogen and oxygen atoms in total. The first-order valence-electron chi connectivity index (χ1n) is 9.35. The Morgan fingerprint density at radius 1 is 1.42 bits per heavy atom. The minimum atomic E-state index is -1.02. The predicted molar refractivity (Wildman–Crippen MR) is 96.0 cm³/mol. The van der Waals surface area contributed by atoms with E-state index in [0.29, 0.717) is 23.2 Å². The summed E-state index contributed by atoms with van der Waals surface area (Å²) in [6, 6.07) is 0.0284. The summed E-state index contributed by atoms with van der Waals surface area (Å²) in [6.07, 6.45) is 1.05. The second kappa shape index (κ2) is 7.03. The van der Waals surface area contributed by atoms with Crippen LogP contribution in [0.1, 0.15) is 23.2 Å². The van der Waals surface area contributed by atoms with Gasteiger partial charge in [0.1, 0.15) is 17.6 Å². The van der Waals surface area contributed by atoms with Crippen molar-refractivity contribution in [1.82, 2.24) is 20.4 Å². The Kier molecular flexibility index (Phi) is 4.74. The third-order valence-electron chi connectivity index (χ3n) is 5.81. The number of nitrogen functional groups attached to an aromatic ring is 1. The van der Waals surface area contributed by atoms with Gasteiger partial charge in [0.05, 0.1) is 13.1 Å². The summed E-state index contributed by atoms with van der Waals surface area (Å²) in [6.45, 7) is 3.62. The standard InChI is InChI=1S/C17H27FN6O2/c1-23-7-11(18)8-24-17(23)14(15(19)22-24)16(25)21-13-6-20-4-2-12(13)10-3-5-26-9-10/h10-13,20H,2-9H2,1H3,(H2,19,22)(H,21,25). The molecule has 0 spiro atoms. The summed E-state index contributed by atoms with van der Waals surface area (Å²) in [5.41, 5.74) is 6.37. The molecule has 3 aliphatic rings. The number of hydrogen-bond donors (Lipinski definition) is 3. The zero-order valence-electron chi connectivity index (χ0n) is 15.1. The molecule has 0 radical (unpaired) electrons. The van der Waals surface area contributed by atoms with E-state index in [-0.39, 0.29) is 30.9 Å². The largest absolute Gasteiger partial charge is 0.381 e. The lowest BCUT2D eigenvalue weighted by Gasteiger charge is -2.36. The third-order valence-corrected chi connectivity index (χ3v) is 5.81. The first-order valence-corrected chi connectivity index (χ1v) is 9.35. The van der Waals surface area contributed by atoms with Gasteiger partial charge in [-0.2, -0.15) is 5.10 Å². The number of nitrogens with zero attached hydrogens (tertiary/aromatic N) is 3. The van der Waals surface area contributed by atoms with E-state index in [1.54, 1.807) is 11.9 Å². The molecule has 9 heteroatoms. The van der Waals surface area contributed by atoms with Crippen molar-refractivity contribution in [2.75, 3.05) is 50.5 Å². The SMILES string of the molecule is CN1CC(F)Cn2nc(N)c(C(=O)NC3CNCCC3C3CCOC3)c21. The van der Waals surface area contributed by atoms with Gasteiger partial charge in [0, 0.05) is 32.8 Å². The molecule has 2 fully saturated rings. The number of amides is 1. The molecule has 26 heavy (non-hydrogen) atoms. The van der Waals surface area contributed by atoms with E-state index in [2.05, 4.69) is 15.7 Å². The fourth-order valence-electron chi connectivity index (χ4n) is 4.57. The highest BCUT2D eigenvalue weighted by Gasteiger charge is 2.37. The van der Waals surface area contributed by atoms with Gasteiger partial charge in [-0.15, -0.1) is 0 Å². The zero-order chi connectivity index (χ0) is 18.3. The minimum Gasteiger partial charge on any atom is -0.381 e. The van der Waals surface area contributed by atoms with Gasteiger partial charge in [-0.05, 0) is 31.2 Å². The highest BCUT2D eigenvalue weighted by Crippen LogP contribution is 2.32. The van der Waals surface area contributed by atoms with E-state index in [0.717, 1.165) is 39.1 Å². The van der Waals surface area contributed by atoms with Gasteiger partial charge in [0.15, 0.2) is 5.82 Å². The zero-order valence-corrected chi connectivity index (χ0v) is 15.1. The van der Waals surface area contributed by atoms with Gasteiger partial charge in [-0.25, -0.2) is 9.07 Å². The molecule has 4 heterocycles. The van der Waals surface area contributed by atoms with Crippen molar-refractivity contribution in [3.05, 3.63) is 5.56 Å². The maximum Gasteiger partial charge on any atom is 0.259 e. The molecule has 144 valence electrons. The maximum atomic E-state index is 13.8. The average Bonchev–Trinajstić information content (AvgIpc) is 3.22. The molecule has 2 saturated heterocycles. The Labute approximate surface area is 152 Å². The molecule has 1 amide bonds. The van der Waals surface area contributed by atoms with Crippen LogP contribution in [0.2, 0.25) is 0 Å². The number of hydrogen-bond acceptors (Lipinski definition) is 6. The Bertz CT molecular complexity index is 674. The summed E-state index contributed by atoms with van der Waals surface area (Å²) < 4.78 is 20.8. The van der Waals surface area contributed by atoms with Crippen molar-refractivity contribution < 1.29 is 13.9 Å². The lowest BCUT2D eigenvalue weighted by atomic mass is 9.81. The summed E-state index contributed by atoms with van der Waals surface area (Å²) in [5, 5.41) is 10.7. The number of anilines is 2. The highest BCUT2D eigenvalue weighted by molar-refractivity contribution is 6.03. The molecule has 3 aliphatic heterocycles. The number of aromatic nitrogens is 2. The van der Waals surface area contributed by atoms with E-state index in [4.69, 9.17) is 10.5 Å². The van der Waals surface area contributed by atoms with Crippen molar-refractivity contribution in [2.45, 2.75) is 31.6 Å². The van der Waals surface area contributed by atoms with Crippen LogP contribution in [-0.4, -0.2) is 67.8 Å². The lowest BCUT2D eigenvalue weighted by molar-refractivity contribution is 0.0878. The number of piperidine rings is 1. The van der Waals surface area contributed by atoms with Crippen molar-refractivity contribution in [2.24, 2.45) is 11.8 Å². The maximum absolute atomic E-state index is 13.8. The Hall–Kier alpha value is -1.87. The van der Waals surface area contributed by atoms with Crippen LogP contribution >= 0.6 is 0 Å². The van der Waals surface area contributed by atoms with Crippen LogP contribution in [0.25, 0.3) is 0 Å². The summed E-state index contributed by atoms with van der Waals surface area (Å²) >= 11 is 0. The molecule has 4 rings (SSSR count). The van der Waals surface area contributed by atoms with Crippen molar-refractivity contribution >= 4 is 17.5 Å². The minimum absolute atomic E-state index is 0.0284. The lowest BCUT2D eigenvalue weighted by Crippen LogP contribution is -2.53. The van der Waals surface area contributed by atoms with Crippen molar-refractivity contribution in [3.8, 4) is 0 Å². The van der Waals surface area contributed by atoms with Crippen LogP contribution in [0.15, 0.2) is 0 Å². The Balaban J connectivity index is 1.54. The molecule has 0 aliphatic carbocycles. The second-order valence-corrected chi connectivity index (χ2v) is 7.60. The van der Waals surface area contributed by atoms with Crippen molar-refractivity contribution in [3.63, 3.8) is 0 Å². The van der Waals surface area contributed by atoms with Crippen LogP contribution in [-0.2, 0) is 11.3 Å². The number of carbonyl (C=O) groups is 1. The van der Waals surface area contributed by atoms with Crippen molar-refractivity contribution in [1.29, 1.82) is 0 Å². The molecule has 0 bridgehead atoms. The Morgan fingerprint density at radius 3 is 3.04 bits per heavy atom. The van der Waals surface area contributed by atoms with Crippen LogP contribution in [0.3, 0.4) is 0 Å². The number of nitrogens with two attached hydrogens (primary N) is 1. The smallest absolute Gasteiger partial charge is 0.259 e. The molecule has 4 atom stereocenters. The number of ether oxygens (including phenoxy) is 1. The van der Waals surface area contributed by atoms with Crippen LogP contribution in [0, 0.1) is 11.8 Å². The molecular weight excluding hydrogens is 339 g/mol. The van der Waals surface area contributed by atoms with E-state index >= 15 is 0 Å². The molecular formula is C17H27FN6O2. The van der Waals surface area contributed by atoms with E-state index in [9.17, 15) is 9.18 Å². The Morgan fingerprint density at radius 2 is 2.27 bits per heavy atom. The van der Waals surface area contributed by atoms with E-state index in [1.165, 1.54) is 4.68 Å². The second-order valence-electron chi connectivity index (χ2n) is 7.60. The predicted octanol–water partition coefficient (Wildman–Crippen LogP) is -0.00240. The first kappa shape index (κ1) is 17.5. The third kappa shape index (κ3) is 3.14. The van der Waals surface area contributed by atoms with Gasteiger partial charge in [0.2, 0.25) is 0 Å². The van der Waals surface area contributed by atoms with Gasteiger partial charge < -0.3 is 26.0 Å². The van der Waals surface area contributed by atoms with Gasteiger partial charge >= 0.3 is 0 Å². The normalized spacial score (nSPS) is 31.7. The number of halogens is 1. The highest BCUT2D eigenvalue weighted by atomic mass is 19.1. The number of fused-ring (bicyclic) bond motifs is 1. The van der Waals surface area contributed by atoms with E-state index < -0.39 is 6.17 Å². The molecule has 1 aromatic rings. The molecule has 0 saturated carbocycles. The monoisotopic (exact) mass is 366 g/mol. The molecule has 0 aromatic carbocycles. The first-order chi connectivity index (χ1) is 12.5. The van der Waals surface area contributed by atoms with Crippen LogP contribution < -0.4 is 21.3 Å². The summed E-state index contributed by atoms with van der Waals surface area (Å²) in [5.74, 6) is 1.39. The van der Waals surface area contributed by atoms with Gasteiger partial charge in [-0.3, -0.25) is 4.79 Å². The van der Waals surface area contributed by atoms with Gasteiger partial charge in [-0.1, -0.05) is 0 Å². The number of alkyl halides is 1. The quantitative estimate of drug-likeness (QED) is 0.697. The number of nitrogens with one attached hydrogen (secondary N) is 2. The topological polar surface area (TPSA) is 97.4 Å². The average molecular weight is 366 g/mol. The number of carbonyl (C=O) groups excluding carboxylic acids is 1. The molecule has 1 aromatic heterocycles. The summed E-state index contributed by atoms with van der Waals surface area (Å²) in [4.78, 5) is 14.7. The van der Waals surface area contributed by atoms with Crippen LogP contribution in [0.5, 0.6) is 0 Å². The molecule has 4 N–H and O–H groups in total. The summed E-state index contributed by atoms with van der Waals surface area (Å²) in [7, 11) is 1.76. The fraction of sp³-hybridized carbons (Fsp3) is 0.765.